The van der Waals surface area contributed by atoms with Crippen molar-refractivity contribution < 1.29 is 27.4 Å². The van der Waals surface area contributed by atoms with Crippen molar-refractivity contribution in [3.63, 3.8) is 0 Å². The molecule has 2 saturated heterocycles. The molecule has 3 N–H and O–H groups in total. The van der Waals surface area contributed by atoms with Crippen molar-refractivity contribution in [2.75, 3.05) is 67.4 Å². The summed E-state index contributed by atoms with van der Waals surface area (Å²) in [5.41, 5.74) is 1.80. The van der Waals surface area contributed by atoms with Crippen molar-refractivity contribution in [3.05, 3.63) is 59.3 Å². The Kier molecular flexibility index (Phi) is 7.55. The number of carbonyl (C=O) groups is 1. The van der Waals surface area contributed by atoms with Crippen molar-refractivity contribution in [1.82, 2.24) is 14.9 Å². The largest absolute Gasteiger partial charge is 0.494 e. The van der Waals surface area contributed by atoms with E-state index in [-0.39, 0.29) is 24.2 Å². The minimum absolute atomic E-state index is 0.0200. The summed E-state index contributed by atoms with van der Waals surface area (Å²) in [5.74, 6) is -0.0358. The molecule has 3 aliphatic heterocycles. The van der Waals surface area contributed by atoms with E-state index in [2.05, 4.69) is 35.7 Å². The summed E-state index contributed by atoms with van der Waals surface area (Å²) in [5, 5.41) is 8.70. The van der Waals surface area contributed by atoms with Crippen molar-refractivity contribution in [1.29, 1.82) is 0 Å². The molecule has 3 aliphatic rings. The number of piperazine rings is 1. The average Bonchev–Trinajstić information content (AvgIpc) is 3.19. The number of fused-ring (bicyclic) bond motifs is 1. The van der Waals surface area contributed by atoms with Crippen LogP contribution in [0.3, 0.4) is 0 Å². The maximum Gasteiger partial charge on any atom is 0.421 e. The van der Waals surface area contributed by atoms with Crippen LogP contribution in [0.4, 0.5) is 42.0 Å². The Labute approximate surface area is 247 Å². The van der Waals surface area contributed by atoms with Crippen LogP contribution in [-0.4, -0.2) is 73.3 Å². The van der Waals surface area contributed by atoms with Gasteiger partial charge in [-0.25, -0.2) is 4.98 Å². The molecule has 228 valence electrons. The van der Waals surface area contributed by atoms with Gasteiger partial charge in [-0.05, 0) is 43.2 Å². The van der Waals surface area contributed by atoms with Gasteiger partial charge in [0.25, 0.3) is 0 Å². The lowest BCUT2D eigenvalue weighted by Crippen LogP contribution is -2.56. The highest BCUT2D eigenvalue weighted by Gasteiger charge is 2.40. The van der Waals surface area contributed by atoms with Crippen molar-refractivity contribution >= 4 is 34.7 Å². The van der Waals surface area contributed by atoms with E-state index in [1.54, 1.807) is 39.2 Å². The fourth-order valence-electron chi connectivity index (χ4n) is 5.82. The monoisotopic (exact) mass is 597 g/mol. The molecule has 6 rings (SSSR count). The summed E-state index contributed by atoms with van der Waals surface area (Å²) >= 11 is 0. The molecule has 0 radical (unpaired) electrons. The van der Waals surface area contributed by atoms with Gasteiger partial charge in [0.05, 0.1) is 37.5 Å². The third-order valence-electron chi connectivity index (χ3n) is 8.38. The Morgan fingerprint density at radius 1 is 1.14 bits per heavy atom. The number of anilines is 5. The summed E-state index contributed by atoms with van der Waals surface area (Å²) in [6.07, 6.45) is -3.92. The number of ether oxygens (including phenoxy) is 2. The number of halogens is 3. The van der Waals surface area contributed by atoms with Gasteiger partial charge in [0.2, 0.25) is 11.9 Å². The number of nitrogens with zero attached hydrogens (tertiary/aromatic N) is 4. The van der Waals surface area contributed by atoms with Crippen LogP contribution in [0.2, 0.25) is 0 Å². The Balaban J connectivity index is 1.20. The van der Waals surface area contributed by atoms with E-state index in [1.165, 1.54) is 0 Å². The van der Waals surface area contributed by atoms with Crippen LogP contribution >= 0.6 is 0 Å². The maximum atomic E-state index is 13.9. The Bertz CT molecular complexity index is 1520. The van der Waals surface area contributed by atoms with E-state index in [0.29, 0.717) is 28.7 Å². The van der Waals surface area contributed by atoms with Crippen LogP contribution in [0.25, 0.3) is 0 Å². The molecule has 0 bridgehead atoms. The Hall–Kier alpha value is -4.10. The van der Waals surface area contributed by atoms with E-state index in [9.17, 15) is 18.0 Å². The first-order valence-electron chi connectivity index (χ1n) is 14.2. The van der Waals surface area contributed by atoms with Gasteiger partial charge >= 0.3 is 6.18 Å². The third-order valence-corrected chi connectivity index (χ3v) is 8.38. The second-order valence-corrected chi connectivity index (χ2v) is 11.4. The number of hydrogen-bond acceptors (Lipinski definition) is 9. The molecular formula is C30H34F3N7O3. The number of aromatic nitrogens is 2. The zero-order valence-corrected chi connectivity index (χ0v) is 24.2. The van der Waals surface area contributed by atoms with Crippen LogP contribution in [0, 0.1) is 0 Å². The van der Waals surface area contributed by atoms with Gasteiger partial charge in [-0.1, -0.05) is 12.1 Å². The van der Waals surface area contributed by atoms with Gasteiger partial charge in [-0.3, -0.25) is 9.69 Å². The molecular weight excluding hydrogens is 563 g/mol. The number of rotatable bonds is 8. The van der Waals surface area contributed by atoms with Gasteiger partial charge in [-0.15, -0.1) is 0 Å². The molecule has 0 unspecified atom stereocenters. The van der Waals surface area contributed by atoms with Gasteiger partial charge in [-0.2, -0.15) is 18.2 Å². The van der Waals surface area contributed by atoms with Crippen LogP contribution in [0.15, 0.2) is 42.6 Å². The Morgan fingerprint density at radius 3 is 2.58 bits per heavy atom. The van der Waals surface area contributed by atoms with E-state index in [1.807, 2.05) is 18.2 Å². The van der Waals surface area contributed by atoms with Crippen molar-refractivity contribution in [3.8, 4) is 5.75 Å². The van der Waals surface area contributed by atoms with Crippen LogP contribution in [-0.2, 0) is 27.7 Å². The number of carbonyl (C=O) groups excluding carboxylic acids is 1. The zero-order chi connectivity index (χ0) is 30.4. The van der Waals surface area contributed by atoms with Gasteiger partial charge in [0.1, 0.15) is 17.1 Å². The molecule has 2 fully saturated rings. The second-order valence-electron chi connectivity index (χ2n) is 11.4. The molecule has 10 nitrogen and oxygen atoms in total. The minimum atomic E-state index is -4.68. The molecule has 1 aromatic heterocycles. The van der Waals surface area contributed by atoms with Gasteiger partial charge in [0, 0.05) is 56.4 Å². The van der Waals surface area contributed by atoms with E-state index in [0.717, 1.165) is 56.8 Å². The smallest absolute Gasteiger partial charge is 0.421 e. The highest BCUT2D eigenvalue weighted by Crippen LogP contribution is 2.41. The molecule has 0 aliphatic carbocycles. The number of amides is 1. The molecule has 0 atom stereocenters. The lowest BCUT2D eigenvalue weighted by atomic mass is 9.83. The third kappa shape index (κ3) is 5.66. The van der Waals surface area contributed by atoms with Gasteiger partial charge in [0.15, 0.2) is 0 Å². The molecule has 1 amide bonds. The molecule has 2 aromatic carbocycles. The lowest BCUT2D eigenvalue weighted by Gasteiger charge is -2.43. The lowest BCUT2D eigenvalue weighted by molar-refractivity contribution is -0.137. The van der Waals surface area contributed by atoms with E-state index < -0.39 is 17.2 Å². The molecule has 4 heterocycles. The minimum Gasteiger partial charge on any atom is -0.494 e. The average molecular weight is 598 g/mol. The highest BCUT2D eigenvalue weighted by atomic mass is 19.4. The summed E-state index contributed by atoms with van der Waals surface area (Å²) in [7, 11) is 1.54. The molecule has 0 saturated carbocycles. The zero-order valence-electron chi connectivity index (χ0n) is 24.2. The fourth-order valence-corrected chi connectivity index (χ4v) is 5.82. The quantitative estimate of drug-likeness (QED) is 0.344. The van der Waals surface area contributed by atoms with E-state index >= 15 is 0 Å². The maximum absolute atomic E-state index is 13.9. The molecule has 43 heavy (non-hydrogen) atoms. The summed E-state index contributed by atoms with van der Waals surface area (Å²) < 4.78 is 52.7. The standard InChI is InChI=1S/C30H34F3N7O3/c1-29(2)25-18(5-4-6-23(25)36-27(29)41)14-34-26-21(30(31,32)33)15-35-28(38-26)37-22-8-7-19(13-24(22)42-3)39-9-11-40(12-10-39)20-16-43-17-20/h4-8,13,15,20H,9-12,14,16-17H2,1-3H3,(H,36,41)(H2,34,35,37,38). The van der Waals surface area contributed by atoms with E-state index in [4.69, 9.17) is 9.47 Å². The van der Waals surface area contributed by atoms with Crippen LogP contribution in [0.1, 0.15) is 30.5 Å². The highest BCUT2D eigenvalue weighted by molar-refractivity contribution is 6.06. The SMILES string of the molecule is COc1cc(N2CCN(C3COC3)CC2)ccc1Nc1ncc(C(F)(F)F)c(NCc2cccc3c2C(C)(C)C(=O)N3)n1. The molecule has 0 spiro atoms. The van der Waals surface area contributed by atoms with Gasteiger partial charge < -0.3 is 30.3 Å². The summed E-state index contributed by atoms with van der Waals surface area (Å²) in [6.45, 7) is 8.82. The molecule has 13 heteroatoms. The predicted octanol–water partition coefficient (Wildman–Crippen LogP) is 4.61. The van der Waals surface area contributed by atoms with Crippen LogP contribution in [0.5, 0.6) is 5.75 Å². The fraction of sp³-hybridized carbons (Fsp3) is 0.433. The van der Waals surface area contributed by atoms with Crippen molar-refractivity contribution in [2.24, 2.45) is 0 Å². The number of methoxy groups -OCH3 is 1. The first-order valence-corrected chi connectivity index (χ1v) is 14.2. The first kappa shape index (κ1) is 29.0. The number of alkyl halides is 3. The predicted molar refractivity (Wildman–Crippen MR) is 157 cm³/mol. The molecule has 3 aromatic rings. The Morgan fingerprint density at radius 2 is 1.91 bits per heavy atom. The second kappa shape index (κ2) is 11.2. The normalized spacial score (nSPS) is 18.6. The number of hydrogen-bond donors (Lipinski definition) is 3. The van der Waals surface area contributed by atoms with Crippen molar-refractivity contribution in [2.45, 2.75) is 38.0 Å². The first-order chi connectivity index (χ1) is 20.5. The summed E-state index contributed by atoms with van der Waals surface area (Å²) in [6, 6.07) is 11.5. The number of nitrogens with one attached hydrogen (secondary N) is 3. The number of benzene rings is 2. The summed E-state index contributed by atoms with van der Waals surface area (Å²) in [4.78, 5) is 25.4. The topological polar surface area (TPSA) is 104 Å². The van der Waals surface area contributed by atoms with Crippen LogP contribution < -0.4 is 25.6 Å².